The average Bonchev–Trinajstić information content (AvgIpc) is 1.48. The van der Waals surface area contributed by atoms with Gasteiger partial charge in [-0.15, -0.1) is 0 Å². The Bertz CT molecular complexity index is 2950. The largest absolute Gasteiger partial charge is 0.391 e. The van der Waals surface area contributed by atoms with Gasteiger partial charge in [-0.1, -0.05) is 235 Å². The summed E-state index contributed by atoms with van der Waals surface area (Å²) in [6.45, 7) is 36.5. The van der Waals surface area contributed by atoms with Crippen molar-refractivity contribution in [2.24, 2.45) is 33.5 Å². The van der Waals surface area contributed by atoms with Gasteiger partial charge in [-0.25, -0.2) is 0 Å². The maximum Gasteiger partial charge on any atom is 0.257 e. The van der Waals surface area contributed by atoms with Crippen molar-refractivity contribution in [2.45, 2.75) is 543 Å². The Hall–Kier alpha value is -2.48. The Morgan fingerprint density at radius 1 is 0.259 bits per heavy atom. The lowest BCUT2D eigenvalue weighted by atomic mass is 9.51. The summed E-state index contributed by atoms with van der Waals surface area (Å²) in [5.41, 5.74) is -11.3. The van der Waals surface area contributed by atoms with Gasteiger partial charge in [0.1, 0.15) is 22.9 Å². The van der Waals surface area contributed by atoms with Crippen LogP contribution in [0, 0.1) is 33.5 Å². The van der Waals surface area contributed by atoms with Gasteiger partial charge in [0.15, 0.2) is 22.4 Å². The fourth-order valence-electron chi connectivity index (χ4n) is 29.1. The van der Waals surface area contributed by atoms with Crippen LogP contribution in [0.3, 0.4) is 0 Å². The first-order valence-electron chi connectivity index (χ1n) is 49.2. The van der Waals surface area contributed by atoms with Crippen LogP contribution in [-0.2, 0) is 38.1 Å². The number of ether oxygens (including phenoxy) is 4. The molecule has 0 aromatic carbocycles. The lowest BCUT2D eigenvalue weighted by molar-refractivity contribution is -0.206. The molecule has 2 unspecified atom stereocenters. The van der Waals surface area contributed by atoms with Gasteiger partial charge >= 0.3 is 0 Å². The predicted octanol–water partition coefficient (Wildman–Crippen LogP) is 21.0. The number of aliphatic hydroxyl groups excluding tert-OH is 3. The maximum absolute atomic E-state index is 16.8. The second kappa shape index (κ2) is 36.2. The highest BCUT2D eigenvalue weighted by Crippen LogP contribution is 2.65. The van der Waals surface area contributed by atoms with E-state index in [9.17, 15) is 15.3 Å². The molecule has 17 heteroatoms. The molecule has 6 saturated carbocycles. The van der Waals surface area contributed by atoms with Crippen molar-refractivity contribution in [2.75, 3.05) is 26.2 Å². The summed E-state index contributed by atoms with van der Waals surface area (Å²) in [5, 5.41) is 47.4. The highest BCUT2D eigenvalue weighted by Gasteiger charge is 2.72. The van der Waals surface area contributed by atoms with Crippen LogP contribution in [0.1, 0.15) is 458 Å². The molecule has 0 aromatic rings. The van der Waals surface area contributed by atoms with Crippen LogP contribution < -0.4 is 10.6 Å². The molecule has 666 valence electrons. The van der Waals surface area contributed by atoms with Crippen molar-refractivity contribution >= 4 is 23.6 Å². The van der Waals surface area contributed by atoms with Gasteiger partial charge in [-0.3, -0.25) is 19.2 Å². The predicted molar refractivity (Wildman–Crippen MR) is 465 cm³/mol. The van der Waals surface area contributed by atoms with Gasteiger partial charge in [0.05, 0.1) is 31.4 Å². The Morgan fingerprint density at radius 3 is 0.595 bits per heavy atom. The number of piperidine rings is 2. The van der Waals surface area contributed by atoms with Crippen molar-refractivity contribution in [3.05, 3.63) is 0 Å². The number of hydrogen-bond donors (Lipinski definition) is 5. The lowest BCUT2D eigenvalue weighted by Gasteiger charge is -2.55. The minimum absolute atomic E-state index is 0.0341. The summed E-state index contributed by atoms with van der Waals surface area (Å²) in [5.74, 6) is -0.101. The second-order valence-corrected chi connectivity index (χ2v) is 47.3. The molecule has 2 atom stereocenters. The van der Waals surface area contributed by atoms with E-state index in [1.165, 1.54) is 103 Å². The third-order valence-electron chi connectivity index (χ3n) is 32.2. The molecular formula is C99H174N6O11. The zero-order chi connectivity index (χ0) is 83.8. The molecular weight excluding hydrogens is 1450 g/mol. The molecule has 0 aromatic heterocycles. The Kier molecular flexibility index (Phi) is 29.0. The number of carbonyl (C=O) groups is 4. The van der Waals surface area contributed by atoms with E-state index in [0.717, 1.165) is 154 Å². The summed E-state index contributed by atoms with van der Waals surface area (Å²) in [4.78, 5) is 73.4. The normalized spacial score (nSPS) is 31.2. The maximum atomic E-state index is 16.8. The number of nitrogens with zero attached hydrogens (tertiary/aromatic N) is 4. The van der Waals surface area contributed by atoms with Crippen LogP contribution in [0.15, 0.2) is 0 Å². The van der Waals surface area contributed by atoms with E-state index in [0.29, 0.717) is 89.9 Å². The lowest BCUT2D eigenvalue weighted by Crippen LogP contribution is -2.65. The zero-order valence-corrected chi connectivity index (χ0v) is 77.3. The summed E-state index contributed by atoms with van der Waals surface area (Å²) < 4.78 is 31.2. The quantitative estimate of drug-likeness (QED) is 0.124. The Morgan fingerprint density at radius 2 is 0.414 bits per heavy atom. The van der Waals surface area contributed by atoms with Crippen molar-refractivity contribution in [1.29, 1.82) is 0 Å². The van der Waals surface area contributed by atoms with E-state index < -0.39 is 85.3 Å². The van der Waals surface area contributed by atoms with Crippen LogP contribution in [0.5, 0.6) is 0 Å². The summed E-state index contributed by atoms with van der Waals surface area (Å²) in [6, 6.07) is 0. The highest BCUT2D eigenvalue weighted by atomic mass is 16.6. The molecule has 0 radical (unpaired) electrons. The Labute approximate surface area is 706 Å². The molecule has 0 bridgehead atoms. The van der Waals surface area contributed by atoms with Crippen LogP contribution in [0.4, 0.5) is 0 Å². The first kappa shape index (κ1) is 92.7. The monoisotopic (exact) mass is 1620 g/mol. The Balaban J connectivity index is 0.815. The van der Waals surface area contributed by atoms with Crippen LogP contribution in [0.2, 0.25) is 0 Å². The number of β-amino-alcohol motifs (C(OH)–C–C–N with tert-alkyl or cyclic N) is 3. The molecule has 8 spiro atoms. The van der Waals surface area contributed by atoms with Gasteiger partial charge in [-0.2, -0.15) is 0 Å². The van der Waals surface area contributed by atoms with E-state index in [2.05, 4.69) is 131 Å². The average molecular weight is 1620 g/mol. The number of nitrogens with one attached hydrogen (secondary N) is 2. The van der Waals surface area contributed by atoms with Gasteiger partial charge < -0.3 is 64.5 Å². The molecule has 6 aliphatic carbocycles. The number of aliphatic hydroxyl groups is 3. The van der Waals surface area contributed by atoms with E-state index in [1.807, 2.05) is 9.80 Å². The van der Waals surface area contributed by atoms with Gasteiger partial charge in [0, 0.05) is 60.9 Å². The minimum Gasteiger partial charge on any atom is -0.391 e. The third-order valence-corrected chi connectivity index (χ3v) is 32.2. The fraction of sp³-hybridized carbons (Fsp3) is 0.960. The number of carbonyl (C=O) groups excluding carboxylic acids is 4. The second-order valence-electron chi connectivity index (χ2n) is 47.3. The van der Waals surface area contributed by atoms with E-state index >= 15 is 19.2 Å². The summed E-state index contributed by atoms with van der Waals surface area (Å²) >= 11 is 0. The van der Waals surface area contributed by atoms with E-state index in [4.69, 9.17) is 18.9 Å². The molecule has 6 heterocycles. The molecule has 12 fully saturated rings. The number of amides is 4. The fourth-order valence-corrected chi connectivity index (χ4v) is 29.1. The third kappa shape index (κ3) is 20.5. The molecule has 12 aliphatic rings. The zero-order valence-electron chi connectivity index (χ0n) is 77.3. The SMILES string of the molecule is CC1(C)CC2(CC(C)(C)N1)OC1(CCCCCCCCCCC1)N(CC(O)CC1C(C)(C)CC3(CC1(C)C)OC1(CCCCCCCCCCC1)N(CC(O)CN1C(=O)C4(CC(C)(C)C(CC(O)CN5C(=O)C6(CC(C)(C)NC(C)(C)C6)OC56CCCCCCCCCCC6)C(C)(C)C4)OC14CCCCCCCCCCC4)C3=O)C2=O. The number of hydrogen-bond acceptors (Lipinski definition) is 13. The van der Waals surface area contributed by atoms with Crippen molar-refractivity contribution < 1.29 is 53.4 Å². The molecule has 17 nitrogen and oxygen atoms in total. The van der Waals surface area contributed by atoms with Crippen LogP contribution in [0.25, 0.3) is 0 Å². The highest BCUT2D eigenvalue weighted by molar-refractivity contribution is 5.91. The molecule has 6 saturated heterocycles. The van der Waals surface area contributed by atoms with Crippen LogP contribution >= 0.6 is 0 Å². The van der Waals surface area contributed by atoms with Gasteiger partial charge in [0.2, 0.25) is 0 Å². The molecule has 5 N–H and O–H groups in total. The molecule has 12 rings (SSSR count). The molecule has 116 heavy (non-hydrogen) atoms. The van der Waals surface area contributed by atoms with Gasteiger partial charge in [-0.05, 0) is 230 Å². The standard InChI is InChI=1S/C99H174N6O11/c1-84(2)67-92(68-85(3,4)78(84)61-75(106)63-102-82(111)94(71-88(9,10)100-89(11,12)72-94)115-96(102)53-45-37-29-21-17-22-30-38-46-54-96)80(109)104(98(113-92)57-49-41-33-25-19-26-34-42-50-58-98)65-77(108)66-105-81(110)93(114-99(105)59-51-43-35-27-20-28-36-44-52-60-99)69-86(5,6)79(87(7,8)70-93)62-76(107)64-103-83(112)95(73-90(13,14)101-91(15,16)74-95)116-97(103)55-47-39-31-23-18-24-32-40-48-56-97/h75-79,100-101,106-108H,17-74H2,1-16H3. The smallest absolute Gasteiger partial charge is 0.257 e. The number of rotatable bonds is 12. The topological polar surface area (TPSA) is 203 Å². The molecule has 4 amide bonds. The van der Waals surface area contributed by atoms with E-state index in [1.54, 1.807) is 0 Å². The molecule has 6 aliphatic heterocycles. The summed E-state index contributed by atoms with van der Waals surface area (Å²) in [7, 11) is 0. The van der Waals surface area contributed by atoms with Crippen molar-refractivity contribution in [3.8, 4) is 0 Å². The first-order chi connectivity index (χ1) is 54.5. The van der Waals surface area contributed by atoms with E-state index in [-0.39, 0.29) is 83.8 Å². The van der Waals surface area contributed by atoms with Crippen LogP contribution in [-0.4, -0.2) is 170 Å². The van der Waals surface area contributed by atoms with Crippen molar-refractivity contribution in [1.82, 2.24) is 30.2 Å². The summed E-state index contributed by atoms with van der Waals surface area (Å²) in [6.07, 6.45) is 48.2. The van der Waals surface area contributed by atoms with Gasteiger partial charge in [0.25, 0.3) is 23.6 Å². The first-order valence-corrected chi connectivity index (χ1v) is 49.2. The van der Waals surface area contributed by atoms with Crippen molar-refractivity contribution in [3.63, 3.8) is 0 Å². The minimum atomic E-state index is -1.20.